The normalized spacial score (nSPS) is 18.7. The Kier molecular flexibility index (Phi) is 6.51. The zero-order valence-electron chi connectivity index (χ0n) is 16.1. The maximum absolute atomic E-state index is 12.4. The average molecular weight is 397 g/mol. The first-order valence-electron chi connectivity index (χ1n) is 9.04. The number of rotatable bonds is 6. The molecule has 1 amide bonds. The molecule has 0 saturated carbocycles. The Morgan fingerprint density at radius 2 is 1.89 bits per heavy atom. The number of nitrogens with one attached hydrogen (secondary N) is 1. The highest BCUT2D eigenvalue weighted by Gasteiger charge is 2.29. The Morgan fingerprint density at radius 3 is 2.41 bits per heavy atom. The molecule has 1 aliphatic heterocycles. The third kappa shape index (κ3) is 5.45. The number of carbonyl (C=O) groups excluding carboxylic acids is 2. The standard InChI is InChI=1S/C19H27NO6S/c1-11(2)13-7-15(12(3)4)18(22)16(8-13)19(23)26-9-17(21)20-14-5-6-27(24,25)10-14/h7-8,11-12,14,22H,5-6,9-10H2,1-4H3,(H,20,21)/t14-/m1/s1. The molecule has 1 aliphatic rings. The van der Waals surface area contributed by atoms with Gasteiger partial charge in [0, 0.05) is 6.04 Å². The minimum absolute atomic E-state index is 0.0165. The maximum atomic E-state index is 12.4. The lowest BCUT2D eigenvalue weighted by molar-refractivity contribution is -0.124. The number of aromatic hydroxyl groups is 1. The van der Waals surface area contributed by atoms with Gasteiger partial charge < -0.3 is 15.2 Å². The minimum atomic E-state index is -3.10. The fourth-order valence-electron chi connectivity index (χ4n) is 3.00. The van der Waals surface area contributed by atoms with Crippen LogP contribution in [0.3, 0.4) is 0 Å². The number of sulfone groups is 1. The topological polar surface area (TPSA) is 110 Å². The molecule has 0 bridgehead atoms. The third-order valence-corrected chi connectivity index (χ3v) is 6.37. The Hall–Kier alpha value is -2.09. The summed E-state index contributed by atoms with van der Waals surface area (Å²) in [5, 5.41) is 13.0. The summed E-state index contributed by atoms with van der Waals surface area (Å²) in [7, 11) is -3.10. The van der Waals surface area contributed by atoms with E-state index in [9.17, 15) is 23.1 Å². The van der Waals surface area contributed by atoms with Gasteiger partial charge in [0.15, 0.2) is 16.4 Å². The van der Waals surface area contributed by atoms with E-state index in [1.54, 1.807) is 6.07 Å². The highest BCUT2D eigenvalue weighted by molar-refractivity contribution is 7.91. The van der Waals surface area contributed by atoms with Crippen LogP contribution >= 0.6 is 0 Å². The number of carbonyl (C=O) groups is 2. The molecule has 27 heavy (non-hydrogen) atoms. The molecule has 0 unspecified atom stereocenters. The van der Waals surface area contributed by atoms with Crippen molar-refractivity contribution in [3.63, 3.8) is 0 Å². The van der Waals surface area contributed by atoms with Crippen LogP contribution in [-0.4, -0.2) is 49.6 Å². The number of benzene rings is 1. The maximum Gasteiger partial charge on any atom is 0.342 e. The highest BCUT2D eigenvalue weighted by Crippen LogP contribution is 2.33. The van der Waals surface area contributed by atoms with Gasteiger partial charge in [0.05, 0.1) is 11.5 Å². The fourth-order valence-corrected chi connectivity index (χ4v) is 4.67. The van der Waals surface area contributed by atoms with Crippen molar-refractivity contribution in [1.29, 1.82) is 0 Å². The molecule has 1 aromatic carbocycles. The van der Waals surface area contributed by atoms with E-state index < -0.39 is 34.4 Å². The summed E-state index contributed by atoms with van der Waals surface area (Å²) in [4.78, 5) is 24.3. The molecule has 0 aliphatic carbocycles. The second-order valence-electron chi connectivity index (χ2n) is 7.56. The second kappa shape index (κ2) is 8.29. The van der Waals surface area contributed by atoms with Crippen LogP contribution in [0.1, 0.15) is 67.4 Å². The van der Waals surface area contributed by atoms with E-state index in [1.807, 2.05) is 33.8 Å². The van der Waals surface area contributed by atoms with Crippen molar-refractivity contribution in [3.8, 4) is 5.75 Å². The lowest BCUT2D eigenvalue weighted by Gasteiger charge is -2.17. The Balaban J connectivity index is 2.06. The largest absolute Gasteiger partial charge is 0.507 e. The quantitative estimate of drug-likeness (QED) is 0.712. The van der Waals surface area contributed by atoms with Gasteiger partial charge in [-0.05, 0) is 35.4 Å². The first kappa shape index (κ1) is 21.2. The summed E-state index contributed by atoms with van der Waals surface area (Å²) in [6.45, 7) is 7.26. The van der Waals surface area contributed by atoms with E-state index in [1.165, 1.54) is 0 Å². The van der Waals surface area contributed by atoms with Gasteiger partial charge in [0.1, 0.15) is 11.3 Å². The summed E-state index contributed by atoms with van der Waals surface area (Å²) in [6.07, 6.45) is 0.358. The van der Waals surface area contributed by atoms with Gasteiger partial charge >= 0.3 is 5.97 Å². The number of phenols is 1. The SMILES string of the molecule is CC(C)c1cc(C(=O)OCC(=O)N[C@@H]2CCS(=O)(=O)C2)c(O)c(C(C)C)c1. The van der Waals surface area contributed by atoms with Gasteiger partial charge in [-0.1, -0.05) is 33.8 Å². The fraction of sp³-hybridized carbons (Fsp3) is 0.579. The van der Waals surface area contributed by atoms with Crippen LogP contribution < -0.4 is 5.32 Å². The molecular weight excluding hydrogens is 370 g/mol. The van der Waals surface area contributed by atoms with Gasteiger partial charge in [-0.15, -0.1) is 0 Å². The molecule has 0 aromatic heterocycles. The number of hydrogen-bond donors (Lipinski definition) is 2. The Morgan fingerprint density at radius 1 is 1.22 bits per heavy atom. The van der Waals surface area contributed by atoms with Crippen molar-refractivity contribution >= 4 is 21.7 Å². The highest BCUT2D eigenvalue weighted by atomic mass is 32.2. The van der Waals surface area contributed by atoms with E-state index in [-0.39, 0.29) is 34.7 Å². The summed E-state index contributed by atoms with van der Waals surface area (Å²) >= 11 is 0. The monoisotopic (exact) mass is 397 g/mol. The smallest absolute Gasteiger partial charge is 0.342 e. The molecule has 1 atom stereocenters. The molecule has 1 heterocycles. The predicted octanol–water partition coefficient (Wildman–Crippen LogP) is 2.10. The van der Waals surface area contributed by atoms with Crippen molar-refractivity contribution in [2.45, 2.75) is 52.0 Å². The minimum Gasteiger partial charge on any atom is -0.507 e. The summed E-state index contributed by atoms with van der Waals surface area (Å²) in [6, 6.07) is 3.00. The third-order valence-electron chi connectivity index (χ3n) is 4.60. The molecule has 1 saturated heterocycles. The van der Waals surface area contributed by atoms with Gasteiger partial charge in [-0.2, -0.15) is 0 Å². The molecular formula is C19H27NO6S. The molecule has 2 rings (SSSR count). The van der Waals surface area contributed by atoms with E-state index in [4.69, 9.17) is 4.74 Å². The van der Waals surface area contributed by atoms with E-state index >= 15 is 0 Å². The first-order valence-corrected chi connectivity index (χ1v) is 10.9. The van der Waals surface area contributed by atoms with Crippen molar-refractivity contribution < 1.29 is 27.9 Å². The van der Waals surface area contributed by atoms with Crippen LogP contribution in [0, 0.1) is 0 Å². The molecule has 0 radical (unpaired) electrons. The summed E-state index contributed by atoms with van der Waals surface area (Å²) in [5.74, 6) is -1.36. The van der Waals surface area contributed by atoms with Crippen LogP contribution in [0.5, 0.6) is 5.75 Å². The molecule has 7 nitrogen and oxygen atoms in total. The number of amides is 1. The van der Waals surface area contributed by atoms with Crippen LogP contribution in [0.4, 0.5) is 0 Å². The van der Waals surface area contributed by atoms with Gasteiger partial charge in [-0.3, -0.25) is 4.79 Å². The molecule has 2 N–H and O–H groups in total. The predicted molar refractivity (Wildman–Crippen MR) is 102 cm³/mol. The Labute approximate surface area is 160 Å². The van der Waals surface area contributed by atoms with Crippen molar-refractivity contribution in [2.75, 3.05) is 18.1 Å². The molecule has 150 valence electrons. The van der Waals surface area contributed by atoms with E-state index in [0.717, 1.165) is 5.56 Å². The number of phenolic OH excluding ortho intramolecular Hbond substituents is 1. The van der Waals surface area contributed by atoms with Crippen LogP contribution in [-0.2, 0) is 19.4 Å². The molecule has 0 spiro atoms. The van der Waals surface area contributed by atoms with E-state index in [2.05, 4.69) is 5.32 Å². The first-order chi connectivity index (χ1) is 12.5. The zero-order chi connectivity index (χ0) is 20.4. The summed E-state index contributed by atoms with van der Waals surface area (Å²) < 4.78 is 27.9. The number of hydrogen-bond acceptors (Lipinski definition) is 6. The lowest BCUT2D eigenvalue weighted by atomic mass is 9.92. The van der Waals surface area contributed by atoms with Crippen LogP contribution in [0.15, 0.2) is 12.1 Å². The summed E-state index contributed by atoms with van der Waals surface area (Å²) in [5.41, 5.74) is 1.57. The average Bonchev–Trinajstić information content (AvgIpc) is 2.90. The molecule has 1 aromatic rings. The Bertz CT molecular complexity index is 829. The van der Waals surface area contributed by atoms with Gasteiger partial charge in [-0.25, -0.2) is 13.2 Å². The molecule has 1 fully saturated rings. The van der Waals surface area contributed by atoms with Crippen LogP contribution in [0.2, 0.25) is 0 Å². The van der Waals surface area contributed by atoms with E-state index in [0.29, 0.717) is 12.0 Å². The zero-order valence-corrected chi connectivity index (χ0v) is 16.9. The van der Waals surface area contributed by atoms with Gasteiger partial charge in [0.25, 0.3) is 5.91 Å². The second-order valence-corrected chi connectivity index (χ2v) is 9.79. The van der Waals surface area contributed by atoms with Crippen molar-refractivity contribution in [2.24, 2.45) is 0 Å². The lowest BCUT2D eigenvalue weighted by Crippen LogP contribution is -2.38. The van der Waals surface area contributed by atoms with Crippen LogP contribution in [0.25, 0.3) is 0 Å². The number of esters is 1. The number of ether oxygens (including phenoxy) is 1. The molecule has 8 heteroatoms. The van der Waals surface area contributed by atoms with Gasteiger partial charge in [0.2, 0.25) is 0 Å². The van der Waals surface area contributed by atoms with Crippen molar-refractivity contribution in [1.82, 2.24) is 5.32 Å². The van der Waals surface area contributed by atoms with Crippen molar-refractivity contribution in [3.05, 3.63) is 28.8 Å².